The van der Waals surface area contributed by atoms with Crippen molar-refractivity contribution in [3.05, 3.63) is 53.2 Å². The number of aliphatic hydroxyl groups is 1. The third-order valence-electron chi connectivity index (χ3n) is 3.89. The zero-order valence-corrected chi connectivity index (χ0v) is 11.4. The molecule has 2 heterocycles. The van der Waals surface area contributed by atoms with Gasteiger partial charge < -0.3 is 15.6 Å². The van der Waals surface area contributed by atoms with Crippen molar-refractivity contribution in [3.63, 3.8) is 0 Å². The standard InChI is InChI=1S/C16H18N2O2/c1-10-6-7-18-16(17)14(10)15(19)12-8-11-4-2-3-5-13(11)20-9-12/h2-7,12,15,19H,8-9H2,1H3,(H2,17,18). The van der Waals surface area contributed by atoms with E-state index in [1.807, 2.05) is 37.3 Å². The molecule has 1 aliphatic rings. The van der Waals surface area contributed by atoms with E-state index < -0.39 is 6.10 Å². The maximum Gasteiger partial charge on any atom is 0.129 e. The van der Waals surface area contributed by atoms with Gasteiger partial charge >= 0.3 is 0 Å². The van der Waals surface area contributed by atoms with E-state index in [9.17, 15) is 5.11 Å². The summed E-state index contributed by atoms with van der Waals surface area (Å²) in [4.78, 5) is 4.08. The second-order valence-electron chi connectivity index (χ2n) is 5.25. The molecule has 2 atom stereocenters. The monoisotopic (exact) mass is 270 g/mol. The Morgan fingerprint density at radius 1 is 1.35 bits per heavy atom. The van der Waals surface area contributed by atoms with E-state index >= 15 is 0 Å². The Balaban J connectivity index is 1.88. The molecule has 1 aromatic carbocycles. The lowest BCUT2D eigenvalue weighted by atomic mass is 9.87. The summed E-state index contributed by atoms with van der Waals surface area (Å²) in [6, 6.07) is 9.81. The molecule has 0 aliphatic carbocycles. The SMILES string of the molecule is Cc1ccnc(N)c1C(O)C1COc2ccccc2C1. The maximum atomic E-state index is 10.6. The highest BCUT2D eigenvalue weighted by Gasteiger charge is 2.29. The normalized spacial score (nSPS) is 19.0. The van der Waals surface area contributed by atoms with Crippen LogP contribution in [0.5, 0.6) is 5.75 Å². The fourth-order valence-electron chi connectivity index (χ4n) is 2.77. The number of hydrogen-bond acceptors (Lipinski definition) is 4. The molecule has 1 aromatic heterocycles. The lowest BCUT2D eigenvalue weighted by Gasteiger charge is -2.30. The van der Waals surface area contributed by atoms with E-state index in [0.29, 0.717) is 12.4 Å². The number of para-hydroxylation sites is 1. The summed E-state index contributed by atoms with van der Waals surface area (Å²) in [5, 5.41) is 10.6. The number of nitrogens with zero attached hydrogens (tertiary/aromatic N) is 1. The molecule has 4 heteroatoms. The second-order valence-corrected chi connectivity index (χ2v) is 5.25. The lowest BCUT2D eigenvalue weighted by molar-refractivity contribution is 0.0644. The smallest absolute Gasteiger partial charge is 0.129 e. The number of benzene rings is 1. The zero-order valence-electron chi connectivity index (χ0n) is 11.4. The van der Waals surface area contributed by atoms with E-state index in [0.717, 1.165) is 28.9 Å². The number of nitrogens with two attached hydrogens (primary N) is 1. The van der Waals surface area contributed by atoms with Gasteiger partial charge in [-0.25, -0.2) is 4.98 Å². The first kappa shape index (κ1) is 12.9. The molecule has 3 rings (SSSR count). The number of nitrogen functional groups attached to an aromatic ring is 1. The summed E-state index contributed by atoms with van der Waals surface area (Å²) < 4.78 is 5.74. The Hall–Kier alpha value is -2.07. The molecular formula is C16H18N2O2. The number of aryl methyl sites for hydroxylation is 1. The van der Waals surface area contributed by atoms with Gasteiger partial charge in [-0.2, -0.15) is 0 Å². The van der Waals surface area contributed by atoms with Crippen molar-refractivity contribution < 1.29 is 9.84 Å². The second kappa shape index (κ2) is 5.13. The van der Waals surface area contributed by atoms with Crippen LogP contribution in [0.2, 0.25) is 0 Å². The Labute approximate surface area is 118 Å². The van der Waals surface area contributed by atoms with Gasteiger partial charge in [0.25, 0.3) is 0 Å². The van der Waals surface area contributed by atoms with Crippen molar-refractivity contribution in [1.82, 2.24) is 4.98 Å². The van der Waals surface area contributed by atoms with Crippen molar-refractivity contribution >= 4 is 5.82 Å². The molecule has 20 heavy (non-hydrogen) atoms. The number of rotatable bonds is 2. The third kappa shape index (κ3) is 2.23. The van der Waals surface area contributed by atoms with E-state index in [4.69, 9.17) is 10.5 Å². The highest BCUT2D eigenvalue weighted by atomic mass is 16.5. The van der Waals surface area contributed by atoms with Crippen LogP contribution in [-0.4, -0.2) is 16.7 Å². The van der Waals surface area contributed by atoms with Gasteiger partial charge in [0.2, 0.25) is 0 Å². The molecule has 1 aliphatic heterocycles. The molecule has 0 fully saturated rings. The van der Waals surface area contributed by atoms with Crippen LogP contribution in [0.4, 0.5) is 5.82 Å². The molecule has 0 saturated carbocycles. The van der Waals surface area contributed by atoms with Crippen LogP contribution in [0.3, 0.4) is 0 Å². The van der Waals surface area contributed by atoms with Crippen LogP contribution in [0.25, 0.3) is 0 Å². The van der Waals surface area contributed by atoms with Gasteiger partial charge in [-0.1, -0.05) is 18.2 Å². The number of anilines is 1. The minimum atomic E-state index is -0.656. The fraction of sp³-hybridized carbons (Fsp3) is 0.312. The fourth-order valence-corrected chi connectivity index (χ4v) is 2.77. The van der Waals surface area contributed by atoms with Gasteiger partial charge in [0.05, 0.1) is 12.7 Å². The number of hydrogen-bond donors (Lipinski definition) is 2. The van der Waals surface area contributed by atoms with Gasteiger partial charge in [-0.3, -0.25) is 0 Å². The molecule has 3 N–H and O–H groups in total. The van der Waals surface area contributed by atoms with Crippen LogP contribution in [0.1, 0.15) is 22.8 Å². The topological polar surface area (TPSA) is 68.4 Å². The zero-order chi connectivity index (χ0) is 14.1. The molecule has 2 unspecified atom stereocenters. The Morgan fingerprint density at radius 3 is 2.95 bits per heavy atom. The van der Waals surface area contributed by atoms with E-state index in [1.165, 1.54) is 0 Å². The first-order valence-corrected chi connectivity index (χ1v) is 6.76. The molecule has 0 amide bonds. The van der Waals surface area contributed by atoms with E-state index in [1.54, 1.807) is 6.20 Å². The van der Waals surface area contributed by atoms with Crippen LogP contribution in [-0.2, 0) is 6.42 Å². The van der Waals surface area contributed by atoms with Crippen LogP contribution in [0, 0.1) is 12.8 Å². The summed E-state index contributed by atoms with van der Waals surface area (Å²) in [6.45, 7) is 2.43. The Morgan fingerprint density at radius 2 is 2.15 bits per heavy atom. The molecule has 4 nitrogen and oxygen atoms in total. The molecule has 104 valence electrons. The first-order valence-electron chi connectivity index (χ1n) is 6.76. The van der Waals surface area contributed by atoms with Crippen molar-refractivity contribution in [1.29, 1.82) is 0 Å². The van der Waals surface area contributed by atoms with Crippen LogP contribution < -0.4 is 10.5 Å². The van der Waals surface area contributed by atoms with Crippen molar-refractivity contribution in [2.24, 2.45) is 5.92 Å². The largest absolute Gasteiger partial charge is 0.493 e. The summed E-state index contributed by atoms with van der Waals surface area (Å²) in [5.74, 6) is 1.30. The predicted molar refractivity (Wildman–Crippen MR) is 77.5 cm³/mol. The lowest BCUT2D eigenvalue weighted by Crippen LogP contribution is -2.27. The third-order valence-corrected chi connectivity index (χ3v) is 3.89. The highest BCUT2D eigenvalue weighted by Crippen LogP contribution is 2.35. The van der Waals surface area contributed by atoms with E-state index in [-0.39, 0.29) is 5.92 Å². The number of ether oxygens (including phenoxy) is 1. The maximum absolute atomic E-state index is 10.6. The van der Waals surface area contributed by atoms with Gasteiger partial charge in [0.15, 0.2) is 0 Å². The average molecular weight is 270 g/mol. The van der Waals surface area contributed by atoms with Gasteiger partial charge in [0, 0.05) is 17.7 Å². The Kier molecular flexibility index (Phi) is 3.32. The molecule has 2 aromatic rings. The summed E-state index contributed by atoms with van der Waals surface area (Å²) in [5.41, 5.74) is 8.72. The summed E-state index contributed by atoms with van der Waals surface area (Å²) >= 11 is 0. The molecule has 0 bridgehead atoms. The number of aromatic nitrogens is 1. The van der Waals surface area contributed by atoms with E-state index in [2.05, 4.69) is 4.98 Å². The van der Waals surface area contributed by atoms with Crippen molar-refractivity contribution in [2.45, 2.75) is 19.4 Å². The molecular weight excluding hydrogens is 252 g/mol. The van der Waals surface area contributed by atoms with Gasteiger partial charge in [-0.15, -0.1) is 0 Å². The van der Waals surface area contributed by atoms with Crippen molar-refractivity contribution in [3.8, 4) is 5.75 Å². The quantitative estimate of drug-likeness (QED) is 0.878. The highest BCUT2D eigenvalue weighted by molar-refractivity contribution is 5.46. The summed E-state index contributed by atoms with van der Waals surface area (Å²) in [7, 11) is 0. The minimum Gasteiger partial charge on any atom is -0.493 e. The van der Waals surface area contributed by atoms with Crippen LogP contribution >= 0.6 is 0 Å². The van der Waals surface area contributed by atoms with Gasteiger partial charge in [0.1, 0.15) is 11.6 Å². The molecule has 0 spiro atoms. The predicted octanol–water partition coefficient (Wildman–Crippen LogP) is 2.26. The number of fused-ring (bicyclic) bond motifs is 1. The van der Waals surface area contributed by atoms with Gasteiger partial charge in [-0.05, 0) is 36.6 Å². The van der Waals surface area contributed by atoms with Crippen molar-refractivity contribution in [2.75, 3.05) is 12.3 Å². The number of aliphatic hydroxyl groups excluding tert-OH is 1. The number of pyridine rings is 1. The first-order chi connectivity index (χ1) is 9.66. The molecule has 0 radical (unpaired) electrons. The van der Waals surface area contributed by atoms with Crippen LogP contribution in [0.15, 0.2) is 36.5 Å². The Bertz CT molecular complexity index is 607. The summed E-state index contributed by atoms with van der Waals surface area (Å²) in [6.07, 6.45) is 1.79. The molecule has 0 saturated heterocycles. The minimum absolute atomic E-state index is 0.00454. The average Bonchev–Trinajstić information content (AvgIpc) is 2.46.